The van der Waals surface area contributed by atoms with Crippen LogP contribution in [0.5, 0.6) is 0 Å². The third-order valence-electron chi connectivity index (χ3n) is 3.10. The van der Waals surface area contributed by atoms with Crippen LogP contribution in [-0.2, 0) is 0 Å². The topological polar surface area (TPSA) is 38.0 Å². The first-order valence-corrected chi connectivity index (χ1v) is 6.29. The van der Waals surface area contributed by atoms with E-state index in [1.807, 2.05) is 0 Å². The Bertz CT molecular complexity index is 327. The number of halogens is 1. The largest absolute Gasteiger partial charge is 0.330 e. The highest BCUT2D eigenvalue weighted by Crippen LogP contribution is 2.29. The van der Waals surface area contributed by atoms with Crippen LogP contribution in [0, 0.1) is 5.92 Å². The third-order valence-corrected chi connectivity index (χ3v) is 3.59. The van der Waals surface area contributed by atoms with E-state index in [4.69, 9.17) is 5.73 Å². The molecule has 3 heteroatoms. The van der Waals surface area contributed by atoms with Crippen molar-refractivity contribution in [3.8, 4) is 0 Å². The van der Waals surface area contributed by atoms with Gasteiger partial charge in [0.1, 0.15) is 0 Å². The highest BCUT2D eigenvalue weighted by atomic mass is 79.9. The molecule has 0 spiro atoms. The average Bonchev–Trinajstić information content (AvgIpc) is 2.29. The summed E-state index contributed by atoms with van der Waals surface area (Å²) in [6.45, 7) is 1.87. The normalized spacial score (nSPS) is 26.5. The number of nitrogens with two attached hydrogens (primary N) is 1. The van der Waals surface area contributed by atoms with Gasteiger partial charge in [0, 0.05) is 10.5 Å². The van der Waals surface area contributed by atoms with Crippen LogP contribution in [0.15, 0.2) is 28.7 Å². The van der Waals surface area contributed by atoms with Crippen molar-refractivity contribution in [1.29, 1.82) is 0 Å². The van der Waals surface area contributed by atoms with E-state index in [1.54, 1.807) is 0 Å². The maximum absolute atomic E-state index is 5.82. The second-order valence-corrected chi connectivity index (χ2v) is 5.04. The van der Waals surface area contributed by atoms with Crippen molar-refractivity contribution in [2.24, 2.45) is 11.7 Å². The SMILES string of the molecule is NC[C@H]1CCCN[C@@H]1c1cccc(Br)c1. The number of benzene rings is 1. The van der Waals surface area contributed by atoms with Crippen LogP contribution in [-0.4, -0.2) is 13.1 Å². The van der Waals surface area contributed by atoms with Crippen molar-refractivity contribution in [1.82, 2.24) is 5.32 Å². The van der Waals surface area contributed by atoms with Gasteiger partial charge in [0.2, 0.25) is 0 Å². The van der Waals surface area contributed by atoms with Crippen LogP contribution in [0.4, 0.5) is 0 Å². The maximum atomic E-state index is 5.82. The summed E-state index contributed by atoms with van der Waals surface area (Å²) >= 11 is 3.51. The molecule has 2 atom stereocenters. The van der Waals surface area contributed by atoms with Crippen molar-refractivity contribution >= 4 is 15.9 Å². The lowest BCUT2D eigenvalue weighted by molar-refractivity contribution is 0.291. The van der Waals surface area contributed by atoms with Gasteiger partial charge in [-0.05, 0) is 49.5 Å². The molecule has 0 radical (unpaired) electrons. The van der Waals surface area contributed by atoms with E-state index < -0.39 is 0 Å². The highest BCUT2D eigenvalue weighted by molar-refractivity contribution is 9.10. The smallest absolute Gasteiger partial charge is 0.0361 e. The Labute approximate surface area is 99.4 Å². The minimum atomic E-state index is 0.432. The Kier molecular flexibility index (Phi) is 3.78. The number of piperidine rings is 1. The fourth-order valence-corrected chi connectivity index (χ4v) is 2.72. The Hall–Kier alpha value is -0.380. The standard InChI is InChI=1S/C12H17BrN2/c13-11-5-1-3-9(7-11)12-10(8-14)4-2-6-15-12/h1,3,5,7,10,12,15H,2,4,6,8,14H2/t10-,12-/m1/s1. The molecule has 1 aliphatic heterocycles. The number of nitrogens with one attached hydrogen (secondary N) is 1. The van der Waals surface area contributed by atoms with Crippen molar-refractivity contribution in [3.63, 3.8) is 0 Å². The Morgan fingerprint density at radius 2 is 2.33 bits per heavy atom. The zero-order valence-electron chi connectivity index (χ0n) is 8.75. The van der Waals surface area contributed by atoms with E-state index in [9.17, 15) is 0 Å². The van der Waals surface area contributed by atoms with Gasteiger partial charge in [-0.3, -0.25) is 0 Å². The van der Waals surface area contributed by atoms with E-state index in [-0.39, 0.29) is 0 Å². The molecule has 0 saturated carbocycles. The summed E-state index contributed by atoms with van der Waals surface area (Å²) in [6, 6.07) is 8.94. The van der Waals surface area contributed by atoms with Gasteiger partial charge < -0.3 is 11.1 Å². The van der Waals surface area contributed by atoms with Gasteiger partial charge in [0.05, 0.1) is 0 Å². The van der Waals surface area contributed by atoms with Crippen LogP contribution in [0.1, 0.15) is 24.4 Å². The number of hydrogen-bond donors (Lipinski definition) is 2. The zero-order chi connectivity index (χ0) is 10.7. The van der Waals surface area contributed by atoms with Gasteiger partial charge in [0.15, 0.2) is 0 Å². The minimum absolute atomic E-state index is 0.432. The van der Waals surface area contributed by atoms with Crippen LogP contribution in [0.2, 0.25) is 0 Å². The average molecular weight is 269 g/mol. The molecule has 0 unspecified atom stereocenters. The Morgan fingerprint density at radius 3 is 3.07 bits per heavy atom. The summed E-state index contributed by atoms with van der Waals surface area (Å²) < 4.78 is 1.14. The summed E-state index contributed by atoms with van der Waals surface area (Å²) in [7, 11) is 0. The lowest BCUT2D eigenvalue weighted by atomic mass is 9.86. The van der Waals surface area contributed by atoms with E-state index in [0.29, 0.717) is 12.0 Å². The predicted molar refractivity (Wildman–Crippen MR) is 66.7 cm³/mol. The fraction of sp³-hybridized carbons (Fsp3) is 0.500. The minimum Gasteiger partial charge on any atom is -0.330 e. The summed E-state index contributed by atoms with van der Waals surface area (Å²) in [5, 5.41) is 3.56. The molecule has 2 rings (SSSR count). The predicted octanol–water partition coefficient (Wildman–Crippen LogP) is 2.45. The van der Waals surface area contributed by atoms with E-state index in [0.717, 1.165) is 17.6 Å². The second-order valence-electron chi connectivity index (χ2n) is 4.12. The van der Waals surface area contributed by atoms with Crippen molar-refractivity contribution in [2.75, 3.05) is 13.1 Å². The molecule has 15 heavy (non-hydrogen) atoms. The first-order valence-electron chi connectivity index (χ1n) is 5.50. The highest BCUT2D eigenvalue weighted by Gasteiger charge is 2.24. The van der Waals surface area contributed by atoms with Gasteiger partial charge >= 0.3 is 0 Å². The Balaban J connectivity index is 2.20. The van der Waals surface area contributed by atoms with Gasteiger partial charge in [-0.15, -0.1) is 0 Å². The number of rotatable bonds is 2. The van der Waals surface area contributed by atoms with Gasteiger partial charge in [-0.2, -0.15) is 0 Å². The van der Waals surface area contributed by atoms with Gasteiger partial charge in [-0.25, -0.2) is 0 Å². The fourth-order valence-electron chi connectivity index (χ4n) is 2.30. The number of hydrogen-bond acceptors (Lipinski definition) is 2. The summed E-state index contributed by atoms with van der Waals surface area (Å²) in [6.07, 6.45) is 2.48. The molecule has 1 fully saturated rings. The molecule has 0 amide bonds. The van der Waals surface area contributed by atoms with E-state index in [2.05, 4.69) is 45.5 Å². The quantitative estimate of drug-likeness (QED) is 0.865. The molecule has 3 N–H and O–H groups in total. The molecule has 1 aromatic rings. The lowest BCUT2D eigenvalue weighted by Gasteiger charge is -2.32. The molecule has 1 aromatic carbocycles. The summed E-state index contributed by atoms with van der Waals surface area (Å²) in [4.78, 5) is 0. The van der Waals surface area contributed by atoms with Crippen LogP contribution >= 0.6 is 15.9 Å². The molecule has 0 aliphatic carbocycles. The second kappa shape index (κ2) is 5.10. The van der Waals surface area contributed by atoms with E-state index >= 15 is 0 Å². The molecule has 82 valence electrons. The molecule has 0 bridgehead atoms. The maximum Gasteiger partial charge on any atom is 0.0361 e. The first-order chi connectivity index (χ1) is 7.31. The molecule has 0 aromatic heterocycles. The van der Waals surface area contributed by atoms with Crippen LogP contribution < -0.4 is 11.1 Å². The zero-order valence-corrected chi connectivity index (χ0v) is 10.3. The van der Waals surface area contributed by atoms with Crippen LogP contribution in [0.25, 0.3) is 0 Å². The molecular formula is C12H17BrN2. The van der Waals surface area contributed by atoms with Crippen molar-refractivity contribution in [3.05, 3.63) is 34.3 Å². The van der Waals surface area contributed by atoms with Crippen molar-refractivity contribution in [2.45, 2.75) is 18.9 Å². The third kappa shape index (κ3) is 2.60. The van der Waals surface area contributed by atoms with E-state index in [1.165, 1.54) is 18.4 Å². The molecule has 1 saturated heterocycles. The Morgan fingerprint density at radius 1 is 1.47 bits per heavy atom. The monoisotopic (exact) mass is 268 g/mol. The van der Waals surface area contributed by atoms with Crippen LogP contribution in [0.3, 0.4) is 0 Å². The molecule has 1 heterocycles. The first kappa shape index (κ1) is 11.1. The lowest BCUT2D eigenvalue weighted by Crippen LogP contribution is -2.37. The molecule has 1 aliphatic rings. The summed E-state index contributed by atoms with van der Waals surface area (Å²) in [5.41, 5.74) is 7.16. The van der Waals surface area contributed by atoms with Gasteiger partial charge in [0.25, 0.3) is 0 Å². The van der Waals surface area contributed by atoms with Gasteiger partial charge in [-0.1, -0.05) is 28.1 Å². The molecular weight excluding hydrogens is 252 g/mol. The van der Waals surface area contributed by atoms with Crippen molar-refractivity contribution < 1.29 is 0 Å². The molecule has 2 nitrogen and oxygen atoms in total. The summed E-state index contributed by atoms with van der Waals surface area (Å²) in [5.74, 6) is 0.577.